The minimum absolute atomic E-state index is 0.00754. The Bertz CT molecular complexity index is 4460. The van der Waals surface area contributed by atoms with Crippen LogP contribution in [0.5, 0.6) is 17.2 Å². The van der Waals surface area contributed by atoms with Crippen LogP contribution in [-0.4, -0.2) is 248 Å². The summed E-state index contributed by atoms with van der Waals surface area (Å²) in [5.74, 6) is 2.02. The van der Waals surface area contributed by atoms with Gasteiger partial charge in [-0.2, -0.15) is 5.26 Å². The second-order valence-corrected chi connectivity index (χ2v) is 50.8. The van der Waals surface area contributed by atoms with Crippen LogP contribution in [0, 0.1) is 54.8 Å². The van der Waals surface area contributed by atoms with Gasteiger partial charge in [-0.15, -0.1) is 0 Å². The molecule has 0 aliphatic carbocycles. The van der Waals surface area contributed by atoms with E-state index >= 15 is 0 Å². The van der Waals surface area contributed by atoms with Gasteiger partial charge in [-0.25, -0.2) is 23.0 Å². The first kappa shape index (κ1) is 118. The number of esters is 2. The van der Waals surface area contributed by atoms with Crippen LogP contribution in [0.4, 0.5) is 5.69 Å². The van der Waals surface area contributed by atoms with Crippen molar-refractivity contribution in [1.29, 1.82) is 5.26 Å². The molecule has 0 amide bonds. The number of aliphatic imine (C=N–C) groups is 1. The molecule has 10 rings (SSSR count). The zero-order valence-electron chi connectivity index (χ0n) is 80.9. The molecule has 4 fully saturated rings. The number of benzene rings is 3. The number of aliphatic hydroxyl groups is 1. The zero-order chi connectivity index (χ0) is 98.4. The number of rotatable bonds is 33. The standard InChI is InChI=1S/C28H40N2O8.C22H40O6Si.C19H20Cl2N2O4S.C18H34O4Si.C4H5IO2.C2H3N.2ClH.Ni/c1-21-19-25(37-17-15-35-13-11-33-9-7-31-3)23-5-6-24-26(20-22(2)30-28(24)27(23)29-21)38-18-16-36-14-12-34-10-8-32-4;1-14-12-17-18(13-26-29(28-17,21(3,4)5)22(6,7)8)27-20(14)15(2)16(23)10-11-19(24)25-9;1-11(2)16-10-27-19(22-16)15-5-4-6-17(26-3)18(15)23-28(24,25)14-8-12(20)7-13(21)9-14;1-12-9-14-15(21-16(12)13(2)10-19)11-20-23(22-14,17(3,4)5)18(6,7)8;1-7-4(6)2-3-5;1-2-3;;;/h5-6,19-20H,7-18H2,1-4H3;10-11,14-18,20,23H,12-13H2,1-9H3;4-9,11,16,23H,10H2,1-3H3;10,12-16H,9,11H2,1-8H3;2-3H,1H3;1H3;2*1H;/q;;;;;;;;+2/p-2/b;11-10+;;;3-2+;;;;/t;14-,15+,16-,17+,18+,20+;16-;12-,13+,14+,15+,16+;;;;;/m.010...../s1. The van der Waals surface area contributed by atoms with E-state index in [-0.39, 0.29) is 107 Å². The predicted octanol–water partition coefficient (Wildman–Crippen LogP) is 19.2. The average molecular weight is 2130 g/mol. The number of halogens is 5. The quantitative estimate of drug-likeness (QED) is 0.00749. The number of aryl methyl sites for hydroxylation is 2. The molecule has 4 saturated heterocycles. The molecule has 12 atom stereocenters. The van der Waals surface area contributed by atoms with Crippen LogP contribution < -0.4 is 18.9 Å². The number of carbonyl (C=O) groups excluding carboxylic acids is 3. The third kappa shape index (κ3) is 35.7. The maximum absolute atomic E-state index is 12.9. The number of aliphatic hydroxyl groups excluding tert-OH is 1. The van der Waals surface area contributed by atoms with Gasteiger partial charge in [0.1, 0.15) is 72.3 Å². The molecule has 38 heteroatoms. The Morgan fingerprint density at radius 3 is 1.42 bits per heavy atom. The number of nitriles is 1. The van der Waals surface area contributed by atoms with Crippen molar-refractivity contribution in [2.24, 2.45) is 34.6 Å². The van der Waals surface area contributed by atoms with Gasteiger partial charge in [0.25, 0.3) is 10.0 Å². The SMILES string of the molecule is CC#N.COC(=O)/C=C/I.COC(=O)/C=C/[C@H](O)[C@@H](C)[C@@H]1O[C@@H]2CO[Si](C(C)(C)C)(C(C)(C)C)O[C@@H]2C[C@@H]1C.COCCOCCOCCOc1cc(C)nc2c1ccc1c(OCCOCCOCCOC)cc(C)nc12.COc1cccc(C2=N[C@@H](C(C)C)CO2)c1NS(=O)(=O)c1cc(Cl)cc(Cl)c1.C[C@H](C=O)[C@@H]1O[C@@H]2CO[Si](C(C)(C)C)(C(C)(C)C)O[C@@H]2C[C@@H]1C.[Cl][Ni][Cl]. The van der Waals surface area contributed by atoms with E-state index in [1.54, 1.807) is 42.6 Å². The van der Waals surface area contributed by atoms with E-state index in [1.165, 1.54) is 64.7 Å². The van der Waals surface area contributed by atoms with Crippen molar-refractivity contribution >= 4 is 145 Å². The number of hydrogen-bond acceptors (Lipinski definition) is 28. The monoisotopic (exact) mass is 2130 g/mol. The van der Waals surface area contributed by atoms with Crippen molar-refractivity contribution in [2.45, 2.75) is 232 Å². The molecule has 0 spiro atoms. The summed E-state index contributed by atoms with van der Waals surface area (Å²) >= 11 is 14.4. The number of nitrogens with zero attached hydrogens (tertiary/aromatic N) is 4. The number of sulfonamides is 1. The third-order valence-electron chi connectivity index (χ3n) is 21.9. The molecule has 7 heterocycles. The van der Waals surface area contributed by atoms with Gasteiger partial charge >= 0.3 is 62.1 Å². The molecule has 5 aliphatic heterocycles. The van der Waals surface area contributed by atoms with Crippen LogP contribution in [0.25, 0.3) is 21.8 Å². The van der Waals surface area contributed by atoms with Gasteiger partial charge in [0.2, 0.25) is 5.90 Å². The summed E-state index contributed by atoms with van der Waals surface area (Å²) < 4.78 is 133. The molecule has 0 bridgehead atoms. The molecule has 742 valence electrons. The molecule has 2 aromatic heterocycles. The predicted molar refractivity (Wildman–Crippen MR) is 523 cm³/mol. The number of fused-ring (bicyclic) bond motifs is 5. The van der Waals surface area contributed by atoms with Crippen molar-refractivity contribution < 1.29 is 125 Å². The van der Waals surface area contributed by atoms with Gasteiger partial charge in [0.05, 0.1) is 154 Å². The summed E-state index contributed by atoms with van der Waals surface area (Å²) in [5, 5.41) is 19.9. The number of ether oxygens (including phenoxy) is 14. The first-order chi connectivity index (χ1) is 61.6. The second kappa shape index (κ2) is 57.4. The summed E-state index contributed by atoms with van der Waals surface area (Å²) in [7, 11) is 7.89. The summed E-state index contributed by atoms with van der Waals surface area (Å²) in [5.41, 5.74) is 3.99. The van der Waals surface area contributed by atoms with Crippen molar-refractivity contribution in [3.8, 4) is 23.3 Å². The zero-order valence-corrected chi connectivity index (χ0v) is 89.9. The minimum atomic E-state index is -3.98. The van der Waals surface area contributed by atoms with Crippen LogP contribution in [0.1, 0.15) is 161 Å². The van der Waals surface area contributed by atoms with Gasteiger partial charge < -0.3 is 93.9 Å². The summed E-state index contributed by atoms with van der Waals surface area (Å²) in [6.07, 6.45) is 5.84. The van der Waals surface area contributed by atoms with E-state index in [0.29, 0.717) is 141 Å². The fourth-order valence-corrected chi connectivity index (χ4v) is 28.0. The van der Waals surface area contributed by atoms with Crippen LogP contribution in [-0.2, 0) is 107 Å². The van der Waals surface area contributed by atoms with Crippen molar-refractivity contribution in [1.82, 2.24) is 9.97 Å². The van der Waals surface area contributed by atoms with E-state index in [2.05, 4.69) is 130 Å². The Morgan fingerprint density at radius 2 is 1.04 bits per heavy atom. The van der Waals surface area contributed by atoms with Gasteiger partial charge in [0, 0.05) is 110 Å². The van der Waals surface area contributed by atoms with Gasteiger partial charge in [0.15, 0.2) is 0 Å². The number of aldehydes is 1. The van der Waals surface area contributed by atoms with E-state index in [0.717, 1.165) is 63.8 Å². The fraction of sp³-hybridized carbons (Fsp3) is 0.645. The molecular formula is C93H142Cl4IN5NiO24SSi2. The van der Waals surface area contributed by atoms with E-state index in [1.807, 2.05) is 74.6 Å². The maximum atomic E-state index is 12.9. The molecule has 2 N–H and O–H groups in total. The Kier molecular flexibility index (Phi) is 51.8. The number of nitrogens with one attached hydrogen (secondary N) is 1. The van der Waals surface area contributed by atoms with Crippen molar-refractivity contribution in [2.75, 3.05) is 139 Å². The van der Waals surface area contributed by atoms with Gasteiger partial charge in [-0.1, -0.05) is 176 Å². The van der Waals surface area contributed by atoms with Crippen LogP contribution in [0.15, 0.2) is 92.9 Å². The topological polar surface area (TPSA) is 346 Å². The first-order valence-corrected chi connectivity index (χ1v) is 53.4. The average Bonchev–Trinajstić information content (AvgIpc) is 1.03. The number of carbonyl (C=O) groups is 3. The van der Waals surface area contributed by atoms with E-state index in [4.69, 9.17) is 133 Å². The second-order valence-electron chi connectivity index (χ2n) is 36.3. The van der Waals surface area contributed by atoms with Gasteiger partial charge in [-0.05, 0) is 97.1 Å². The molecule has 5 aliphatic rings. The number of pyridine rings is 2. The number of para-hydroxylation sites is 1. The van der Waals surface area contributed by atoms with Crippen LogP contribution in [0.3, 0.4) is 0 Å². The molecule has 0 unspecified atom stereocenters. The number of hydrogen-bond donors (Lipinski definition) is 2. The Hall–Kier alpha value is -5.02. The summed E-state index contributed by atoms with van der Waals surface area (Å²) in [4.78, 5) is 46.7. The summed E-state index contributed by atoms with van der Waals surface area (Å²) in [6.45, 7) is 51.9. The van der Waals surface area contributed by atoms with Gasteiger partial charge in [-0.3, -0.25) is 14.7 Å². The van der Waals surface area contributed by atoms with Crippen LogP contribution >= 0.6 is 66.2 Å². The Labute approximate surface area is 817 Å². The molecular weight excluding hydrogens is 1990 g/mol. The van der Waals surface area contributed by atoms with E-state index in [9.17, 15) is 27.9 Å². The summed E-state index contributed by atoms with van der Waals surface area (Å²) in [6, 6.07) is 18.9. The number of aromatic nitrogens is 2. The Balaban J connectivity index is 0.000000353. The Morgan fingerprint density at radius 1 is 0.626 bits per heavy atom. The van der Waals surface area contributed by atoms with Crippen molar-refractivity contribution in [3.05, 3.63) is 110 Å². The fourth-order valence-electron chi connectivity index (χ4n) is 16.0. The van der Waals surface area contributed by atoms with Crippen molar-refractivity contribution in [3.63, 3.8) is 0 Å². The molecule has 29 nitrogen and oxygen atoms in total. The molecule has 0 radical (unpaired) electrons. The number of methoxy groups -OCH3 is 5. The third-order valence-corrected chi connectivity index (χ3v) is 34.4. The first-order valence-electron chi connectivity index (χ1n) is 43.6. The molecule has 0 saturated carbocycles. The molecule has 131 heavy (non-hydrogen) atoms. The normalized spacial score (nSPS) is 21.2. The van der Waals surface area contributed by atoms with Crippen LogP contribution in [0.2, 0.25) is 30.2 Å². The molecule has 3 aromatic carbocycles. The molecule has 5 aromatic rings. The van der Waals surface area contributed by atoms with E-state index < -0.39 is 39.2 Å². The number of anilines is 1.